The molecular formula is C5H6ClN3O3S. The van der Waals surface area contributed by atoms with Crippen LogP contribution in [0.5, 0.6) is 0 Å². The summed E-state index contributed by atoms with van der Waals surface area (Å²) < 4.78 is 30.1. The van der Waals surface area contributed by atoms with Crippen LogP contribution in [0.15, 0.2) is 4.90 Å². The van der Waals surface area contributed by atoms with Crippen LogP contribution in [-0.2, 0) is 10.1 Å². The summed E-state index contributed by atoms with van der Waals surface area (Å²) in [7, 11) is -4.46. The van der Waals surface area contributed by atoms with Gasteiger partial charge in [0.25, 0.3) is 0 Å². The SMILES string of the molecule is Cc1nc(N)c(S(=O)(=O)O)c(Cl)n1. The molecule has 13 heavy (non-hydrogen) atoms. The molecule has 0 aliphatic rings. The molecule has 0 bridgehead atoms. The molecule has 1 heterocycles. The lowest BCUT2D eigenvalue weighted by Crippen LogP contribution is -2.08. The molecule has 0 unspecified atom stereocenters. The Morgan fingerprint density at radius 1 is 1.46 bits per heavy atom. The second kappa shape index (κ2) is 3.09. The number of nitrogens with two attached hydrogens (primary N) is 1. The lowest BCUT2D eigenvalue weighted by molar-refractivity contribution is 0.483. The Kier molecular flexibility index (Phi) is 2.42. The molecule has 0 aliphatic heterocycles. The van der Waals surface area contributed by atoms with Gasteiger partial charge in [-0.25, -0.2) is 9.97 Å². The number of hydrogen-bond donors (Lipinski definition) is 2. The number of hydrogen-bond acceptors (Lipinski definition) is 5. The summed E-state index contributed by atoms with van der Waals surface area (Å²) in [6.45, 7) is 1.50. The van der Waals surface area contributed by atoms with E-state index in [9.17, 15) is 8.42 Å². The Labute approximate surface area is 79.5 Å². The molecule has 8 heteroatoms. The summed E-state index contributed by atoms with van der Waals surface area (Å²) >= 11 is 5.45. The van der Waals surface area contributed by atoms with Gasteiger partial charge in [-0.1, -0.05) is 11.6 Å². The molecule has 0 radical (unpaired) electrons. The van der Waals surface area contributed by atoms with Crippen molar-refractivity contribution in [2.75, 3.05) is 5.73 Å². The van der Waals surface area contributed by atoms with Gasteiger partial charge in [-0.15, -0.1) is 0 Å². The first-order chi connectivity index (χ1) is 5.82. The van der Waals surface area contributed by atoms with E-state index in [1.54, 1.807) is 0 Å². The van der Waals surface area contributed by atoms with Gasteiger partial charge in [0.1, 0.15) is 11.6 Å². The van der Waals surface area contributed by atoms with Gasteiger partial charge in [-0.2, -0.15) is 8.42 Å². The number of aromatic nitrogens is 2. The van der Waals surface area contributed by atoms with Crippen LogP contribution in [-0.4, -0.2) is 22.9 Å². The Morgan fingerprint density at radius 3 is 2.38 bits per heavy atom. The van der Waals surface area contributed by atoms with E-state index in [-0.39, 0.29) is 16.8 Å². The molecular weight excluding hydrogens is 218 g/mol. The van der Waals surface area contributed by atoms with Crippen molar-refractivity contribution >= 4 is 27.5 Å². The molecule has 72 valence electrons. The highest BCUT2D eigenvalue weighted by molar-refractivity contribution is 7.86. The average Bonchev–Trinajstić information content (AvgIpc) is 1.78. The minimum absolute atomic E-state index is 0.231. The van der Waals surface area contributed by atoms with Gasteiger partial charge in [-0.05, 0) is 6.92 Å². The number of halogens is 1. The zero-order chi connectivity index (χ0) is 10.2. The lowest BCUT2D eigenvalue weighted by Gasteiger charge is -2.03. The summed E-state index contributed by atoms with van der Waals surface area (Å²) in [6, 6.07) is 0. The van der Waals surface area contributed by atoms with Gasteiger partial charge in [0.05, 0.1) is 0 Å². The highest BCUT2D eigenvalue weighted by Crippen LogP contribution is 2.23. The van der Waals surface area contributed by atoms with Gasteiger partial charge in [-0.3, -0.25) is 4.55 Å². The van der Waals surface area contributed by atoms with E-state index in [1.165, 1.54) is 6.92 Å². The summed E-state index contributed by atoms with van der Waals surface area (Å²) in [5.41, 5.74) is 5.23. The standard InChI is InChI=1S/C5H6ClN3O3S/c1-2-8-4(6)3(5(7)9-2)13(10,11)12/h1H3,(H2,7,8,9)(H,10,11,12). The number of anilines is 1. The van der Waals surface area contributed by atoms with Crippen LogP contribution < -0.4 is 5.73 Å². The third kappa shape index (κ3) is 2.06. The predicted octanol–water partition coefficient (Wildman–Crippen LogP) is 0.267. The summed E-state index contributed by atoms with van der Waals surface area (Å²) in [5.74, 6) is -0.130. The molecule has 3 N–H and O–H groups in total. The first-order valence-corrected chi connectivity index (χ1v) is 4.91. The van der Waals surface area contributed by atoms with Crippen LogP contribution in [0.25, 0.3) is 0 Å². The van der Waals surface area contributed by atoms with Crippen LogP contribution in [0.2, 0.25) is 5.15 Å². The summed E-state index contributed by atoms with van der Waals surface area (Å²) in [4.78, 5) is 6.43. The highest BCUT2D eigenvalue weighted by Gasteiger charge is 2.21. The molecule has 0 aromatic carbocycles. The van der Waals surface area contributed by atoms with Crippen molar-refractivity contribution < 1.29 is 13.0 Å². The molecule has 1 aromatic heterocycles. The van der Waals surface area contributed by atoms with E-state index in [2.05, 4.69) is 9.97 Å². The van der Waals surface area contributed by atoms with Crippen molar-refractivity contribution in [1.82, 2.24) is 9.97 Å². The van der Waals surface area contributed by atoms with E-state index >= 15 is 0 Å². The van der Waals surface area contributed by atoms with Crippen molar-refractivity contribution in [3.63, 3.8) is 0 Å². The number of nitrogen functional groups attached to an aromatic ring is 1. The van der Waals surface area contributed by atoms with Gasteiger partial charge >= 0.3 is 10.1 Å². The smallest absolute Gasteiger partial charge is 0.301 e. The fourth-order valence-corrected chi connectivity index (χ4v) is 1.87. The molecule has 1 aromatic rings. The van der Waals surface area contributed by atoms with E-state index in [4.69, 9.17) is 21.9 Å². The molecule has 0 fully saturated rings. The van der Waals surface area contributed by atoms with Gasteiger partial charge in [0.15, 0.2) is 10.0 Å². The molecule has 0 spiro atoms. The third-order valence-electron chi connectivity index (χ3n) is 1.22. The van der Waals surface area contributed by atoms with Crippen LogP contribution in [0.1, 0.15) is 5.82 Å². The zero-order valence-electron chi connectivity index (χ0n) is 6.52. The summed E-state index contributed by atoms with van der Waals surface area (Å²) in [5, 5.41) is -0.382. The van der Waals surface area contributed by atoms with E-state index in [1.807, 2.05) is 0 Å². The Hall–Kier alpha value is -0.920. The molecule has 0 amide bonds. The topological polar surface area (TPSA) is 106 Å². The quantitative estimate of drug-likeness (QED) is 0.523. The molecule has 1 rings (SSSR count). The first kappa shape index (κ1) is 10.2. The average molecular weight is 224 g/mol. The highest BCUT2D eigenvalue weighted by atomic mass is 35.5. The maximum atomic E-state index is 10.7. The first-order valence-electron chi connectivity index (χ1n) is 3.09. The maximum absolute atomic E-state index is 10.7. The van der Waals surface area contributed by atoms with E-state index in [0.717, 1.165) is 0 Å². The third-order valence-corrected chi connectivity index (χ3v) is 2.52. The van der Waals surface area contributed by atoms with Gasteiger partial charge < -0.3 is 5.73 Å². The van der Waals surface area contributed by atoms with Crippen molar-refractivity contribution in [1.29, 1.82) is 0 Å². The predicted molar refractivity (Wildman–Crippen MR) is 46.0 cm³/mol. The Bertz CT molecular complexity index is 421. The number of nitrogens with zero attached hydrogens (tertiary/aromatic N) is 2. The fraction of sp³-hybridized carbons (Fsp3) is 0.200. The number of rotatable bonds is 1. The van der Waals surface area contributed by atoms with E-state index < -0.39 is 15.0 Å². The summed E-state index contributed by atoms with van der Waals surface area (Å²) in [6.07, 6.45) is 0. The lowest BCUT2D eigenvalue weighted by atomic mass is 10.5. The second-order valence-corrected chi connectivity index (χ2v) is 3.97. The van der Waals surface area contributed by atoms with Crippen LogP contribution in [0, 0.1) is 6.92 Å². The monoisotopic (exact) mass is 223 g/mol. The van der Waals surface area contributed by atoms with Crippen LogP contribution in [0.4, 0.5) is 5.82 Å². The molecule has 0 saturated heterocycles. The minimum atomic E-state index is -4.46. The number of aryl methyl sites for hydroxylation is 1. The Morgan fingerprint density at radius 2 is 2.00 bits per heavy atom. The van der Waals surface area contributed by atoms with Gasteiger partial charge in [0, 0.05) is 0 Å². The van der Waals surface area contributed by atoms with Crippen molar-refractivity contribution in [2.24, 2.45) is 0 Å². The van der Waals surface area contributed by atoms with Crippen molar-refractivity contribution in [2.45, 2.75) is 11.8 Å². The van der Waals surface area contributed by atoms with Crippen LogP contribution >= 0.6 is 11.6 Å². The van der Waals surface area contributed by atoms with Gasteiger partial charge in [0.2, 0.25) is 0 Å². The minimum Gasteiger partial charge on any atom is -0.382 e. The van der Waals surface area contributed by atoms with Crippen molar-refractivity contribution in [3.8, 4) is 0 Å². The Balaban J connectivity index is 3.57. The molecule has 0 aliphatic carbocycles. The van der Waals surface area contributed by atoms with E-state index in [0.29, 0.717) is 0 Å². The van der Waals surface area contributed by atoms with Crippen LogP contribution in [0.3, 0.4) is 0 Å². The largest absolute Gasteiger partial charge is 0.382 e. The molecule has 6 nitrogen and oxygen atoms in total. The normalized spacial score (nSPS) is 11.6. The molecule has 0 saturated carbocycles. The second-order valence-electron chi connectivity index (χ2n) is 2.25. The molecule has 0 atom stereocenters. The zero-order valence-corrected chi connectivity index (χ0v) is 8.09. The van der Waals surface area contributed by atoms with Crippen molar-refractivity contribution in [3.05, 3.63) is 11.0 Å². The fourth-order valence-electron chi connectivity index (χ4n) is 0.787. The maximum Gasteiger partial charge on any atom is 0.301 e.